The highest BCUT2D eigenvalue weighted by atomic mass is 16.3. The first-order chi connectivity index (χ1) is 8.29. The molecule has 1 aromatic rings. The molecule has 0 bridgehead atoms. The van der Waals surface area contributed by atoms with Crippen LogP contribution in [0.5, 0.6) is 0 Å². The molecular weight excluding hydrogens is 216 g/mol. The number of nitrogens with one attached hydrogen (secondary N) is 2. The molecule has 4 heteroatoms. The van der Waals surface area contributed by atoms with Crippen molar-refractivity contribution in [2.75, 3.05) is 18.4 Å². The van der Waals surface area contributed by atoms with Gasteiger partial charge in [0.25, 0.3) is 0 Å². The van der Waals surface area contributed by atoms with Crippen LogP contribution in [-0.4, -0.2) is 24.1 Å². The molecule has 0 unspecified atom stereocenters. The molecule has 1 aliphatic heterocycles. The van der Waals surface area contributed by atoms with E-state index in [4.69, 9.17) is 5.11 Å². The fourth-order valence-corrected chi connectivity index (χ4v) is 2.02. The number of aliphatic hydroxyl groups excluding tert-OH is 1. The highest BCUT2D eigenvalue weighted by molar-refractivity contribution is 5.92. The molecule has 0 spiro atoms. The van der Waals surface area contributed by atoms with Crippen LogP contribution >= 0.6 is 0 Å². The van der Waals surface area contributed by atoms with Gasteiger partial charge >= 0.3 is 0 Å². The summed E-state index contributed by atoms with van der Waals surface area (Å²) in [6, 6.07) is 7.28. The number of hydrogen-bond acceptors (Lipinski definition) is 3. The lowest BCUT2D eigenvalue weighted by atomic mass is 9.97. The highest BCUT2D eigenvalue weighted by Gasteiger charge is 2.20. The summed E-state index contributed by atoms with van der Waals surface area (Å²) in [5, 5.41) is 15.1. The van der Waals surface area contributed by atoms with Crippen molar-refractivity contribution in [3.63, 3.8) is 0 Å². The molecule has 3 N–H and O–H groups in total. The maximum atomic E-state index is 11.9. The largest absolute Gasteiger partial charge is 0.392 e. The Morgan fingerprint density at radius 2 is 1.94 bits per heavy atom. The Morgan fingerprint density at radius 1 is 1.29 bits per heavy atom. The van der Waals surface area contributed by atoms with Crippen molar-refractivity contribution in [1.82, 2.24) is 5.32 Å². The van der Waals surface area contributed by atoms with E-state index in [1.54, 1.807) is 0 Å². The van der Waals surface area contributed by atoms with Gasteiger partial charge in [-0.05, 0) is 43.6 Å². The van der Waals surface area contributed by atoms with Crippen molar-refractivity contribution in [2.45, 2.75) is 19.4 Å². The van der Waals surface area contributed by atoms with Crippen molar-refractivity contribution in [2.24, 2.45) is 5.92 Å². The summed E-state index contributed by atoms with van der Waals surface area (Å²) in [6.45, 7) is 1.87. The predicted octanol–water partition coefficient (Wildman–Crippen LogP) is 1.12. The number of carbonyl (C=O) groups is 1. The van der Waals surface area contributed by atoms with E-state index in [0.717, 1.165) is 37.2 Å². The fraction of sp³-hybridized carbons (Fsp3) is 0.462. The third kappa shape index (κ3) is 3.28. The number of rotatable bonds is 3. The third-order valence-corrected chi connectivity index (χ3v) is 3.11. The Hall–Kier alpha value is -1.39. The van der Waals surface area contributed by atoms with Crippen molar-refractivity contribution >= 4 is 11.6 Å². The summed E-state index contributed by atoms with van der Waals surface area (Å²) in [6.07, 6.45) is 1.81. The first-order valence-corrected chi connectivity index (χ1v) is 6.01. The van der Waals surface area contributed by atoms with Crippen LogP contribution in [0.2, 0.25) is 0 Å². The van der Waals surface area contributed by atoms with E-state index in [-0.39, 0.29) is 18.4 Å². The number of anilines is 1. The molecule has 1 saturated heterocycles. The fourth-order valence-electron chi connectivity index (χ4n) is 2.02. The monoisotopic (exact) mass is 234 g/mol. The quantitative estimate of drug-likeness (QED) is 0.734. The average molecular weight is 234 g/mol. The van der Waals surface area contributed by atoms with Gasteiger partial charge in [-0.3, -0.25) is 4.79 Å². The Labute approximate surface area is 101 Å². The van der Waals surface area contributed by atoms with E-state index >= 15 is 0 Å². The molecule has 0 aromatic heterocycles. The van der Waals surface area contributed by atoms with Crippen LogP contribution in [0.15, 0.2) is 24.3 Å². The SMILES string of the molecule is O=C(Nc1ccc(CO)cc1)C1CCNCC1. The van der Waals surface area contributed by atoms with Gasteiger partial charge in [0.15, 0.2) is 0 Å². The van der Waals surface area contributed by atoms with Gasteiger partial charge in [-0.25, -0.2) is 0 Å². The zero-order chi connectivity index (χ0) is 12.1. The van der Waals surface area contributed by atoms with Crippen LogP contribution < -0.4 is 10.6 Å². The number of aliphatic hydroxyl groups is 1. The minimum atomic E-state index is 0.0303. The number of hydrogen-bond donors (Lipinski definition) is 3. The van der Waals surface area contributed by atoms with Crippen LogP contribution in [0.25, 0.3) is 0 Å². The van der Waals surface area contributed by atoms with Gasteiger partial charge in [0.1, 0.15) is 0 Å². The summed E-state index contributed by atoms with van der Waals surface area (Å²) in [4.78, 5) is 11.9. The molecule has 1 aromatic carbocycles. The summed E-state index contributed by atoms with van der Waals surface area (Å²) in [5.41, 5.74) is 1.65. The molecule has 0 atom stereocenters. The minimum absolute atomic E-state index is 0.0303. The summed E-state index contributed by atoms with van der Waals surface area (Å²) >= 11 is 0. The Kier molecular flexibility index (Phi) is 4.12. The lowest BCUT2D eigenvalue weighted by Gasteiger charge is -2.21. The maximum absolute atomic E-state index is 11.9. The van der Waals surface area contributed by atoms with Crippen LogP contribution in [0.3, 0.4) is 0 Å². The molecule has 2 rings (SSSR count). The molecule has 17 heavy (non-hydrogen) atoms. The van der Waals surface area contributed by atoms with E-state index in [1.807, 2.05) is 24.3 Å². The summed E-state index contributed by atoms with van der Waals surface area (Å²) in [5.74, 6) is 0.219. The van der Waals surface area contributed by atoms with Crippen molar-refractivity contribution in [1.29, 1.82) is 0 Å². The normalized spacial score (nSPS) is 16.8. The molecule has 1 amide bonds. The number of carbonyl (C=O) groups excluding carboxylic acids is 1. The Bertz CT molecular complexity index is 370. The molecule has 4 nitrogen and oxygen atoms in total. The standard InChI is InChI=1S/C13H18N2O2/c16-9-10-1-3-12(4-2-10)15-13(17)11-5-7-14-8-6-11/h1-4,11,14,16H,5-9H2,(H,15,17). The van der Waals surface area contributed by atoms with E-state index in [0.29, 0.717) is 0 Å². The lowest BCUT2D eigenvalue weighted by Crippen LogP contribution is -2.34. The van der Waals surface area contributed by atoms with E-state index in [9.17, 15) is 4.79 Å². The third-order valence-electron chi connectivity index (χ3n) is 3.11. The van der Waals surface area contributed by atoms with Gasteiger partial charge in [0.2, 0.25) is 5.91 Å². The molecule has 1 fully saturated rings. The second kappa shape index (κ2) is 5.80. The smallest absolute Gasteiger partial charge is 0.227 e. The molecular formula is C13H18N2O2. The minimum Gasteiger partial charge on any atom is -0.392 e. The van der Waals surface area contributed by atoms with Gasteiger partial charge in [-0.1, -0.05) is 12.1 Å². The zero-order valence-electron chi connectivity index (χ0n) is 9.78. The molecule has 0 radical (unpaired) electrons. The molecule has 0 saturated carbocycles. The van der Waals surface area contributed by atoms with E-state index < -0.39 is 0 Å². The van der Waals surface area contributed by atoms with E-state index in [2.05, 4.69) is 10.6 Å². The number of amides is 1. The first-order valence-electron chi connectivity index (χ1n) is 6.01. The summed E-state index contributed by atoms with van der Waals surface area (Å²) in [7, 11) is 0. The Balaban J connectivity index is 1.92. The van der Waals surface area contributed by atoms with Crippen molar-refractivity contribution in [3.8, 4) is 0 Å². The van der Waals surface area contributed by atoms with Gasteiger partial charge in [-0.15, -0.1) is 0 Å². The highest BCUT2D eigenvalue weighted by Crippen LogP contribution is 2.16. The summed E-state index contributed by atoms with van der Waals surface area (Å²) < 4.78 is 0. The van der Waals surface area contributed by atoms with Gasteiger partial charge in [0, 0.05) is 11.6 Å². The van der Waals surface area contributed by atoms with Crippen LogP contribution in [0.4, 0.5) is 5.69 Å². The van der Waals surface area contributed by atoms with Gasteiger partial charge < -0.3 is 15.7 Å². The topological polar surface area (TPSA) is 61.4 Å². The van der Waals surface area contributed by atoms with E-state index in [1.165, 1.54) is 0 Å². The molecule has 1 heterocycles. The van der Waals surface area contributed by atoms with Crippen LogP contribution in [-0.2, 0) is 11.4 Å². The molecule has 92 valence electrons. The second-order valence-electron chi connectivity index (χ2n) is 4.37. The zero-order valence-corrected chi connectivity index (χ0v) is 9.78. The predicted molar refractivity (Wildman–Crippen MR) is 66.6 cm³/mol. The lowest BCUT2D eigenvalue weighted by molar-refractivity contribution is -0.120. The second-order valence-corrected chi connectivity index (χ2v) is 4.37. The number of benzene rings is 1. The maximum Gasteiger partial charge on any atom is 0.227 e. The van der Waals surface area contributed by atoms with Gasteiger partial charge in [-0.2, -0.15) is 0 Å². The average Bonchev–Trinajstić information content (AvgIpc) is 2.40. The number of piperidine rings is 1. The van der Waals surface area contributed by atoms with Crippen LogP contribution in [0, 0.1) is 5.92 Å². The first kappa shape index (κ1) is 12.1. The van der Waals surface area contributed by atoms with Crippen molar-refractivity contribution < 1.29 is 9.90 Å². The van der Waals surface area contributed by atoms with Gasteiger partial charge in [0.05, 0.1) is 6.61 Å². The van der Waals surface area contributed by atoms with Crippen molar-refractivity contribution in [3.05, 3.63) is 29.8 Å². The molecule has 1 aliphatic rings. The van der Waals surface area contributed by atoms with Crippen LogP contribution in [0.1, 0.15) is 18.4 Å². The molecule has 0 aliphatic carbocycles. The Morgan fingerprint density at radius 3 is 2.53 bits per heavy atom.